The number of rotatable bonds is 3. The van der Waals surface area contributed by atoms with Crippen LogP contribution in [0.15, 0.2) is 39.3 Å². The quantitative estimate of drug-likeness (QED) is 0.767. The summed E-state index contributed by atoms with van der Waals surface area (Å²) in [6.45, 7) is 0. The highest BCUT2D eigenvalue weighted by Gasteiger charge is 2.14. The zero-order valence-corrected chi connectivity index (χ0v) is 14.3. The maximum Gasteiger partial charge on any atom is 0.275 e. The van der Waals surface area contributed by atoms with Gasteiger partial charge in [0.15, 0.2) is 0 Å². The molecular formula is C13H10Br2ClN3O. The van der Waals surface area contributed by atoms with Crippen molar-refractivity contribution in [1.82, 2.24) is 4.98 Å². The number of aromatic nitrogens is 1. The Kier molecular flexibility index (Phi) is 5.01. The van der Waals surface area contributed by atoms with Crippen molar-refractivity contribution < 1.29 is 4.79 Å². The average Bonchev–Trinajstić information content (AvgIpc) is 2.43. The van der Waals surface area contributed by atoms with Crippen molar-refractivity contribution >= 4 is 60.9 Å². The SMILES string of the molecule is CNc1ccc(Cl)c(C(=O)Nc2cc(Br)ccc2Br)n1. The number of carbonyl (C=O) groups excluding carboxylic acids is 1. The Bertz CT molecular complexity index is 664. The van der Waals surface area contributed by atoms with Crippen molar-refractivity contribution in [2.75, 3.05) is 17.7 Å². The van der Waals surface area contributed by atoms with Crippen molar-refractivity contribution in [2.45, 2.75) is 0 Å². The first-order chi connectivity index (χ1) is 9.51. The monoisotopic (exact) mass is 417 g/mol. The fraction of sp³-hybridized carbons (Fsp3) is 0.0769. The number of hydrogen-bond donors (Lipinski definition) is 2. The van der Waals surface area contributed by atoms with Crippen LogP contribution in [-0.4, -0.2) is 17.9 Å². The number of halogens is 3. The minimum atomic E-state index is -0.370. The van der Waals surface area contributed by atoms with Gasteiger partial charge in [-0.15, -0.1) is 0 Å². The van der Waals surface area contributed by atoms with Crippen LogP contribution < -0.4 is 10.6 Å². The third kappa shape index (κ3) is 3.50. The molecule has 0 aliphatic carbocycles. The normalized spacial score (nSPS) is 10.2. The molecule has 4 nitrogen and oxygen atoms in total. The third-order valence-corrected chi connectivity index (χ3v) is 3.98. The summed E-state index contributed by atoms with van der Waals surface area (Å²) in [5.74, 6) is 0.207. The van der Waals surface area contributed by atoms with Gasteiger partial charge in [-0.2, -0.15) is 0 Å². The number of anilines is 2. The second-order valence-electron chi connectivity index (χ2n) is 3.86. The number of hydrogen-bond acceptors (Lipinski definition) is 3. The molecule has 0 atom stereocenters. The fourth-order valence-electron chi connectivity index (χ4n) is 1.52. The number of amides is 1. The summed E-state index contributed by atoms with van der Waals surface area (Å²) in [5.41, 5.74) is 0.808. The van der Waals surface area contributed by atoms with Gasteiger partial charge in [-0.3, -0.25) is 4.79 Å². The number of pyridine rings is 1. The summed E-state index contributed by atoms with van der Waals surface area (Å²) < 4.78 is 1.63. The Morgan fingerprint density at radius 1 is 1.25 bits per heavy atom. The van der Waals surface area contributed by atoms with Gasteiger partial charge in [-0.05, 0) is 46.3 Å². The lowest BCUT2D eigenvalue weighted by atomic mass is 10.3. The van der Waals surface area contributed by atoms with Gasteiger partial charge in [0.25, 0.3) is 5.91 Å². The molecule has 0 spiro atoms. The summed E-state index contributed by atoms with van der Waals surface area (Å²) in [6, 6.07) is 8.82. The van der Waals surface area contributed by atoms with Crippen LogP contribution in [0, 0.1) is 0 Å². The molecule has 1 aromatic heterocycles. The standard InChI is InChI=1S/C13H10Br2ClN3O/c1-17-11-5-4-9(16)12(19-11)13(20)18-10-6-7(14)2-3-8(10)15/h2-6H,1H3,(H,17,19)(H,18,20). The second kappa shape index (κ2) is 6.56. The lowest BCUT2D eigenvalue weighted by molar-refractivity contribution is 0.102. The smallest absolute Gasteiger partial charge is 0.275 e. The van der Waals surface area contributed by atoms with Crippen LogP contribution in [0.4, 0.5) is 11.5 Å². The van der Waals surface area contributed by atoms with Gasteiger partial charge in [0.2, 0.25) is 0 Å². The molecule has 0 saturated carbocycles. The van der Waals surface area contributed by atoms with Crippen molar-refractivity contribution in [2.24, 2.45) is 0 Å². The molecule has 2 N–H and O–H groups in total. The molecule has 2 aromatic rings. The molecule has 1 heterocycles. The molecule has 1 amide bonds. The van der Waals surface area contributed by atoms with E-state index in [4.69, 9.17) is 11.6 Å². The van der Waals surface area contributed by atoms with E-state index in [0.29, 0.717) is 16.5 Å². The van der Waals surface area contributed by atoms with Gasteiger partial charge in [0.1, 0.15) is 11.5 Å². The molecule has 104 valence electrons. The molecule has 2 rings (SSSR count). The van der Waals surface area contributed by atoms with Crippen LogP contribution in [0.25, 0.3) is 0 Å². The Morgan fingerprint density at radius 3 is 2.70 bits per heavy atom. The first kappa shape index (κ1) is 15.3. The van der Waals surface area contributed by atoms with Crippen LogP contribution in [0.2, 0.25) is 5.02 Å². The molecule has 0 aliphatic rings. The highest BCUT2D eigenvalue weighted by Crippen LogP contribution is 2.27. The summed E-state index contributed by atoms with van der Waals surface area (Å²) in [5, 5.41) is 5.93. The predicted molar refractivity (Wildman–Crippen MR) is 88.6 cm³/mol. The van der Waals surface area contributed by atoms with Gasteiger partial charge in [-0.25, -0.2) is 4.98 Å². The minimum absolute atomic E-state index is 0.172. The molecule has 0 radical (unpaired) electrons. The molecule has 0 unspecified atom stereocenters. The van der Waals surface area contributed by atoms with Crippen LogP contribution in [0.3, 0.4) is 0 Å². The number of nitrogens with one attached hydrogen (secondary N) is 2. The minimum Gasteiger partial charge on any atom is -0.373 e. The maximum atomic E-state index is 12.2. The van der Waals surface area contributed by atoms with Gasteiger partial charge in [-0.1, -0.05) is 27.5 Å². The third-order valence-electron chi connectivity index (χ3n) is 2.49. The van der Waals surface area contributed by atoms with Gasteiger partial charge >= 0.3 is 0 Å². The topological polar surface area (TPSA) is 54.0 Å². The van der Waals surface area contributed by atoms with Gasteiger partial charge < -0.3 is 10.6 Å². The zero-order valence-electron chi connectivity index (χ0n) is 10.4. The van der Waals surface area contributed by atoms with E-state index in [2.05, 4.69) is 47.5 Å². The maximum absolute atomic E-state index is 12.2. The number of carbonyl (C=O) groups is 1. The number of nitrogens with zero attached hydrogens (tertiary/aromatic N) is 1. The van der Waals surface area contributed by atoms with Crippen molar-refractivity contribution in [3.8, 4) is 0 Å². The van der Waals surface area contributed by atoms with Crippen LogP contribution >= 0.6 is 43.5 Å². The van der Waals surface area contributed by atoms with E-state index in [9.17, 15) is 4.79 Å². The first-order valence-corrected chi connectivity index (χ1v) is 7.58. The van der Waals surface area contributed by atoms with E-state index >= 15 is 0 Å². The average molecular weight is 420 g/mol. The lowest BCUT2D eigenvalue weighted by Crippen LogP contribution is -2.15. The largest absolute Gasteiger partial charge is 0.373 e. The number of benzene rings is 1. The van der Waals surface area contributed by atoms with E-state index in [1.807, 2.05) is 12.1 Å². The molecule has 20 heavy (non-hydrogen) atoms. The van der Waals surface area contributed by atoms with Crippen molar-refractivity contribution in [1.29, 1.82) is 0 Å². The van der Waals surface area contributed by atoms with Gasteiger partial charge in [0.05, 0.1) is 10.7 Å². The fourth-order valence-corrected chi connectivity index (χ4v) is 2.41. The molecule has 0 bridgehead atoms. The predicted octanol–water partition coefficient (Wildman–Crippen LogP) is 4.55. The molecule has 7 heteroatoms. The summed E-state index contributed by atoms with van der Waals surface area (Å²) >= 11 is 12.7. The van der Waals surface area contributed by atoms with E-state index in [0.717, 1.165) is 8.95 Å². The summed E-state index contributed by atoms with van der Waals surface area (Å²) in [6.07, 6.45) is 0. The Labute approximate surface area is 138 Å². The summed E-state index contributed by atoms with van der Waals surface area (Å²) in [7, 11) is 1.73. The van der Waals surface area contributed by atoms with E-state index in [-0.39, 0.29) is 11.6 Å². The van der Waals surface area contributed by atoms with E-state index in [1.165, 1.54) is 0 Å². The van der Waals surface area contributed by atoms with Crippen LogP contribution in [-0.2, 0) is 0 Å². The Hall–Kier alpha value is -1.11. The zero-order chi connectivity index (χ0) is 14.7. The Morgan fingerprint density at radius 2 is 2.00 bits per heavy atom. The first-order valence-electron chi connectivity index (χ1n) is 5.62. The second-order valence-corrected chi connectivity index (χ2v) is 6.03. The molecule has 1 aromatic carbocycles. The van der Waals surface area contributed by atoms with Crippen LogP contribution in [0.1, 0.15) is 10.5 Å². The summed E-state index contributed by atoms with van der Waals surface area (Å²) in [4.78, 5) is 16.4. The van der Waals surface area contributed by atoms with Crippen LogP contribution in [0.5, 0.6) is 0 Å². The Balaban J connectivity index is 2.30. The molecule has 0 aliphatic heterocycles. The van der Waals surface area contributed by atoms with Crippen molar-refractivity contribution in [3.05, 3.63) is 50.0 Å². The highest BCUT2D eigenvalue weighted by molar-refractivity contribution is 9.11. The van der Waals surface area contributed by atoms with Crippen molar-refractivity contribution in [3.63, 3.8) is 0 Å². The molecular weight excluding hydrogens is 409 g/mol. The van der Waals surface area contributed by atoms with E-state index in [1.54, 1.807) is 25.2 Å². The lowest BCUT2D eigenvalue weighted by Gasteiger charge is -2.09. The van der Waals surface area contributed by atoms with Gasteiger partial charge in [0, 0.05) is 16.0 Å². The highest BCUT2D eigenvalue weighted by atomic mass is 79.9. The van der Waals surface area contributed by atoms with E-state index < -0.39 is 0 Å². The molecule has 0 fully saturated rings. The molecule has 0 saturated heterocycles.